The van der Waals surface area contributed by atoms with Gasteiger partial charge < -0.3 is 9.47 Å². The molecule has 4 rings (SSSR count). The van der Waals surface area contributed by atoms with Crippen molar-refractivity contribution in [3.8, 4) is 28.4 Å². The lowest BCUT2D eigenvalue weighted by atomic mass is 10.1. The Kier molecular flexibility index (Phi) is 5.84. The standard InChI is InChI=1S/C26H26N2O2/c1-4-29-25-15-12-20(3)16-24(25)28-17-23(22-13-10-19(2)11-14-22)26(27-28)30-18-21-8-6-5-7-9-21/h5-17H,4,18H2,1-3H3. The minimum absolute atomic E-state index is 0.461. The smallest absolute Gasteiger partial charge is 0.241 e. The van der Waals surface area contributed by atoms with Gasteiger partial charge in [0.25, 0.3) is 0 Å². The van der Waals surface area contributed by atoms with E-state index in [0.717, 1.165) is 33.7 Å². The molecule has 0 fully saturated rings. The summed E-state index contributed by atoms with van der Waals surface area (Å²) >= 11 is 0. The predicted molar refractivity (Wildman–Crippen MR) is 120 cm³/mol. The molecule has 0 aliphatic carbocycles. The van der Waals surface area contributed by atoms with Crippen molar-refractivity contribution in [1.82, 2.24) is 9.78 Å². The van der Waals surface area contributed by atoms with Crippen molar-refractivity contribution in [2.24, 2.45) is 0 Å². The van der Waals surface area contributed by atoms with Gasteiger partial charge in [0.2, 0.25) is 5.88 Å². The van der Waals surface area contributed by atoms with Gasteiger partial charge in [-0.05, 0) is 49.6 Å². The highest BCUT2D eigenvalue weighted by molar-refractivity contribution is 5.69. The molecule has 0 saturated carbocycles. The number of ether oxygens (including phenoxy) is 2. The van der Waals surface area contributed by atoms with Crippen molar-refractivity contribution in [3.63, 3.8) is 0 Å². The van der Waals surface area contributed by atoms with Crippen LogP contribution in [-0.2, 0) is 6.61 Å². The van der Waals surface area contributed by atoms with Gasteiger partial charge in [0, 0.05) is 6.20 Å². The Morgan fingerprint density at radius 1 is 0.833 bits per heavy atom. The van der Waals surface area contributed by atoms with E-state index < -0.39 is 0 Å². The van der Waals surface area contributed by atoms with Gasteiger partial charge in [-0.1, -0.05) is 66.2 Å². The molecule has 0 bridgehead atoms. The molecule has 4 nitrogen and oxygen atoms in total. The third-order valence-corrected chi connectivity index (χ3v) is 4.92. The first kappa shape index (κ1) is 19.8. The molecule has 4 aromatic rings. The third kappa shape index (κ3) is 4.38. The van der Waals surface area contributed by atoms with Crippen molar-refractivity contribution in [2.45, 2.75) is 27.4 Å². The average Bonchev–Trinajstić information content (AvgIpc) is 3.19. The van der Waals surface area contributed by atoms with Gasteiger partial charge in [0.1, 0.15) is 18.0 Å². The number of nitrogens with zero attached hydrogens (tertiary/aromatic N) is 2. The molecule has 152 valence electrons. The highest BCUT2D eigenvalue weighted by Crippen LogP contribution is 2.33. The molecule has 0 saturated heterocycles. The largest absolute Gasteiger partial charge is 0.492 e. The molecular formula is C26H26N2O2. The molecule has 30 heavy (non-hydrogen) atoms. The monoisotopic (exact) mass is 398 g/mol. The van der Waals surface area contributed by atoms with Crippen LogP contribution in [0.1, 0.15) is 23.6 Å². The van der Waals surface area contributed by atoms with E-state index in [-0.39, 0.29) is 0 Å². The van der Waals surface area contributed by atoms with Gasteiger partial charge in [0.05, 0.1) is 12.2 Å². The second-order valence-electron chi connectivity index (χ2n) is 7.34. The van der Waals surface area contributed by atoms with Crippen LogP contribution in [0.5, 0.6) is 11.6 Å². The summed E-state index contributed by atoms with van der Waals surface area (Å²) in [5.41, 5.74) is 6.39. The lowest BCUT2D eigenvalue weighted by Crippen LogP contribution is -2.02. The Morgan fingerprint density at radius 2 is 1.57 bits per heavy atom. The molecule has 0 aliphatic rings. The zero-order valence-electron chi connectivity index (χ0n) is 17.6. The first-order valence-corrected chi connectivity index (χ1v) is 10.2. The lowest BCUT2D eigenvalue weighted by molar-refractivity contribution is 0.292. The number of aryl methyl sites for hydroxylation is 2. The van der Waals surface area contributed by atoms with Crippen molar-refractivity contribution in [2.75, 3.05) is 6.61 Å². The quantitative estimate of drug-likeness (QED) is 0.375. The van der Waals surface area contributed by atoms with E-state index in [0.29, 0.717) is 19.1 Å². The summed E-state index contributed by atoms with van der Waals surface area (Å²) in [4.78, 5) is 0. The summed E-state index contributed by atoms with van der Waals surface area (Å²) in [6.07, 6.45) is 2.02. The molecule has 3 aromatic carbocycles. The minimum atomic E-state index is 0.461. The van der Waals surface area contributed by atoms with E-state index in [1.165, 1.54) is 5.56 Å². The maximum Gasteiger partial charge on any atom is 0.241 e. The molecule has 4 heteroatoms. The summed E-state index contributed by atoms with van der Waals surface area (Å²) in [6.45, 7) is 7.19. The third-order valence-electron chi connectivity index (χ3n) is 4.92. The molecule has 0 N–H and O–H groups in total. The zero-order chi connectivity index (χ0) is 20.9. The molecule has 1 heterocycles. The van der Waals surface area contributed by atoms with Crippen LogP contribution in [0.4, 0.5) is 0 Å². The Labute approximate surface area is 177 Å². The first-order valence-electron chi connectivity index (χ1n) is 10.2. The second kappa shape index (κ2) is 8.87. The van der Waals surface area contributed by atoms with E-state index >= 15 is 0 Å². The maximum atomic E-state index is 6.17. The Morgan fingerprint density at radius 3 is 2.30 bits per heavy atom. The molecule has 1 aromatic heterocycles. The molecule has 0 atom stereocenters. The van der Waals surface area contributed by atoms with E-state index in [1.54, 1.807) is 0 Å². The van der Waals surface area contributed by atoms with Gasteiger partial charge in [-0.2, -0.15) is 0 Å². The topological polar surface area (TPSA) is 36.3 Å². The Balaban J connectivity index is 1.76. The fraction of sp³-hybridized carbons (Fsp3) is 0.192. The summed E-state index contributed by atoms with van der Waals surface area (Å²) in [5, 5.41) is 4.79. The maximum absolute atomic E-state index is 6.17. The summed E-state index contributed by atoms with van der Waals surface area (Å²) in [7, 11) is 0. The molecular weight excluding hydrogens is 372 g/mol. The number of aromatic nitrogens is 2. The van der Waals surface area contributed by atoms with Gasteiger partial charge in [-0.15, -0.1) is 5.10 Å². The van der Waals surface area contributed by atoms with Crippen LogP contribution in [0, 0.1) is 13.8 Å². The zero-order valence-corrected chi connectivity index (χ0v) is 17.6. The summed E-state index contributed by atoms with van der Waals surface area (Å²) < 4.78 is 13.9. The number of hydrogen-bond acceptors (Lipinski definition) is 3. The van der Waals surface area contributed by atoms with E-state index in [2.05, 4.69) is 56.3 Å². The molecule has 0 unspecified atom stereocenters. The Bertz CT molecular complexity index is 1120. The predicted octanol–water partition coefficient (Wildman–Crippen LogP) is 6.13. The SMILES string of the molecule is CCOc1ccc(C)cc1-n1cc(-c2ccc(C)cc2)c(OCc2ccccc2)n1. The van der Waals surface area contributed by atoms with Crippen molar-refractivity contribution in [1.29, 1.82) is 0 Å². The van der Waals surface area contributed by atoms with Crippen LogP contribution in [0.3, 0.4) is 0 Å². The second-order valence-corrected chi connectivity index (χ2v) is 7.34. The number of rotatable bonds is 7. The molecule has 0 amide bonds. The van der Waals surface area contributed by atoms with Crippen molar-refractivity contribution < 1.29 is 9.47 Å². The van der Waals surface area contributed by atoms with Crippen LogP contribution in [0.25, 0.3) is 16.8 Å². The fourth-order valence-electron chi connectivity index (χ4n) is 3.33. The normalized spacial score (nSPS) is 10.8. The molecule has 0 radical (unpaired) electrons. The summed E-state index contributed by atoms with van der Waals surface area (Å²) in [5.74, 6) is 1.40. The first-order chi connectivity index (χ1) is 14.6. The van der Waals surface area contributed by atoms with Crippen molar-refractivity contribution in [3.05, 3.63) is 95.7 Å². The van der Waals surface area contributed by atoms with E-state index in [4.69, 9.17) is 14.6 Å². The van der Waals surface area contributed by atoms with Gasteiger partial charge in [-0.3, -0.25) is 0 Å². The van der Waals surface area contributed by atoms with Crippen LogP contribution >= 0.6 is 0 Å². The molecule has 0 aliphatic heterocycles. The van der Waals surface area contributed by atoms with E-state index in [1.807, 2.05) is 48.1 Å². The van der Waals surface area contributed by atoms with E-state index in [9.17, 15) is 0 Å². The van der Waals surface area contributed by atoms with Gasteiger partial charge in [-0.25, -0.2) is 4.68 Å². The highest BCUT2D eigenvalue weighted by Gasteiger charge is 2.16. The van der Waals surface area contributed by atoms with Crippen LogP contribution in [0.15, 0.2) is 79.0 Å². The van der Waals surface area contributed by atoms with Crippen LogP contribution in [-0.4, -0.2) is 16.4 Å². The van der Waals surface area contributed by atoms with Crippen LogP contribution in [0.2, 0.25) is 0 Å². The minimum Gasteiger partial charge on any atom is -0.492 e. The van der Waals surface area contributed by atoms with Crippen molar-refractivity contribution >= 4 is 0 Å². The lowest BCUT2D eigenvalue weighted by Gasteiger charge is -2.11. The van der Waals surface area contributed by atoms with Gasteiger partial charge >= 0.3 is 0 Å². The average molecular weight is 399 g/mol. The highest BCUT2D eigenvalue weighted by atomic mass is 16.5. The molecule has 0 spiro atoms. The summed E-state index contributed by atoms with van der Waals surface area (Å²) in [6, 6.07) is 24.7. The Hall–Kier alpha value is -3.53. The number of benzene rings is 3. The van der Waals surface area contributed by atoms with Crippen LogP contribution < -0.4 is 9.47 Å². The fourth-order valence-corrected chi connectivity index (χ4v) is 3.33. The number of hydrogen-bond donors (Lipinski definition) is 0. The van der Waals surface area contributed by atoms with Gasteiger partial charge in [0.15, 0.2) is 0 Å².